The number of aromatic nitrogens is 4. The number of H-pyrrole nitrogens is 2. The number of amides is 1. The molecule has 3 N–H and O–H groups in total. The van der Waals surface area contributed by atoms with Crippen molar-refractivity contribution in [3.05, 3.63) is 52.6 Å². The van der Waals surface area contributed by atoms with Crippen molar-refractivity contribution in [3.8, 4) is 11.3 Å². The molecule has 0 radical (unpaired) electrons. The van der Waals surface area contributed by atoms with E-state index >= 15 is 0 Å². The fourth-order valence-electron chi connectivity index (χ4n) is 3.00. The Hall–Kier alpha value is -3.75. The highest BCUT2D eigenvalue weighted by Crippen LogP contribution is 2.28. The molecule has 2 aromatic heterocycles. The Morgan fingerprint density at radius 3 is 2.78 bits per heavy atom. The summed E-state index contributed by atoms with van der Waals surface area (Å²) < 4.78 is 13.7. The van der Waals surface area contributed by atoms with Crippen LogP contribution in [0.25, 0.3) is 33.1 Å². The maximum Gasteiger partial charge on any atom is 0.414 e. The second-order valence-electron chi connectivity index (χ2n) is 5.91. The van der Waals surface area contributed by atoms with Gasteiger partial charge >= 0.3 is 6.09 Å². The molecule has 4 aromatic rings. The van der Waals surface area contributed by atoms with Crippen molar-refractivity contribution in [2.45, 2.75) is 6.92 Å². The Morgan fingerprint density at radius 2 is 2.04 bits per heavy atom. The second kappa shape index (κ2) is 6.20. The van der Waals surface area contributed by atoms with E-state index in [-0.39, 0.29) is 12.5 Å². The fraction of sp³-hybridized carbons (Fsp3) is 0.111. The number of carboxylic acid groups (broad SMARTS) is 1. The minimum absolute atomic E-state index is 0.211. The number of benzene rings is 2. The lowest BCUT2D eigenvalue weighted by molar-refractivity contribution is 0.202. The molecule has 2 heterocycles. The average Bonchev–Trinajstić information content (AvgIpc) is 3.04. The van der Waals surface area contributed by atoms with Crippen LogP contribution in [0.15, 0.2) is 41.2 Å². The van der Waals surface area contributed by atoms with E-state index in [0.717, 1.165) is 4.90 Å². The number of anilines is 1. The molecule has 0 unspecified atom stereocenters. The van der Waals surface area contributed by atoms with Crippen molar-refractivity contribution >= 4 is 33.8 Å². The summed E-state index contributed by atoms with van der Waals surface area (Å²) in [5, 5.41) is 16.4. The highest BCUT2D eigenvalue weighted by molar-refractivity contribution is 5.96. The number of hydrogen-bond donors (Lipinski definition) is 3. The summed E-state index contributed by atoms with van der Waals surface area (Å²) in [6, 6.07) is 9.06. The number of rotatable bonds is 3. The van der Waals surface area contributed by atoms with Gasteiger partial charge in [-0.15, -0.1) is 0 Å². The molecular weight excluding hydrogens is 353 g/mol. The van der Waals surface area contributed by atoms with Crippen LogP contribution in [0.4, 0.5) is 15.1 Å². The van der Waals surface area contributed by atoms with Gasteiger partial charge in [-0.3, -0.25) is 4.79 Å². The molecule has 27 heavy (non-hydrogen) atoms. The molecular formula is C18H14FN5O3. The van der Waals surface area contributed by atoms with E-state index in [4.69, 9.17) is 0 Å². The number of imidazole rings is 1. The average molecular weight is 367 g/mol. The molecule has 0 bridgehead atoms. The molecule has 0 saturated heterocycles. The van der Waals surface area contributed by atoms with Gasteiger partial charge in [0.2, 0.25) is 5.95 Å². The summed E-state index contributed by atoms with van der Waals surface area (Å²) in [5.74, 6) is -0.261. The molecule has 0 aliphatic heterocycles. The number of nitrogens with one attached hydrogen (secondary N) is 2. The van der Waals surface area contributed by atoms with Crippen molar-refractivity contribution < 1.29 is 14.3 Å². The maximum atomic E-state index is 13.7. The number of hydrogen-bond acceptors (Lipinski definition) is 4. The van der Waals surface area contributed by atoms with E-state index in [1.54, 1.807) is 25.1 Å². The SMILES string of the molecule is CCN(C(=O)O)c1nc2ccc(-c3n[nH]c(=O)c4ccc(F)cc34)cc2[nH]1. The van der Waals surface area contributed by atoms with E-state index < -0.39 is 17.5 Å². The summed E-state index contributed by atoms with van der Waals surface area (Å²) in [7, 11) is 0. The molecule has 0 saturated carbocycles. The lowest BCUT2D eigenvalue weighted by Gasteiger charge is -2.12. The first-order chi connectivity index (χ1) is 13.0. The van der Waals surface area contributed by atoms with Crippen molar-refractivity contribution in [3.63, 3.8) is 0 Å². The first kappa shape index (κ1) is 16.7. The fourth-order valence-corrected chi connectivity index (χ4v) is 3.00. The zero-order valence-electron chi connectivity index (χ0n) is 14.2. The van der Waals surface area contributed by atoms with Gasteiger partial charge in [0.05, 0.1) is 22.1 Å². The minimum atomic E-state index is -1.11. The number of fused-ring (bicyclic) bond motifs is 2. The highest BCUT2D eigenvalue weighted by Gasteiger charge is 2.17. The highest BCUT2D eigenvalue weighted by atomic mass is 19.1. The van der Waals surface area contributed by atoms with Crippen LogP contribution in [0.2, 0.25) is 0 Å². The van der Waals surface area contributed by atoms with Gasteiger partial charge in [-0.1, -0.05) is 6.07 Å². The second-order valence-corrected chi connectivity index (χ2v) is 5.91. The quantitative estimate of drug-likeness (QED) is 0.515. The van der Waals surface area contributed by atoms with Crippen LogP contribution >= 0.6 is 0 Å². The third kappa shape index (κ3) is 2.78. The van der Waals surface area contributed by atoms with Gasteiger partial charge < -0.3 is 10.1 Å². The Labute approximate surface area is 151 Å². The lowest BCUT2D eigenvalue weighted by Crippen LogP contribution is -2.29. The van der Waals surface area contributed by atoms with Gasteiger partial charge in [0.25, 0.3) is 5.56 Å². The number of aromatic amines is 2. The topological polar surface area (TPSA) is 115 Å². The predicted octanol–water partition coefficient (Wildman–Crippen LogP) is 3.11. The van der Waals surface area contributed by atoms with Crippen molar-refractivity contribution in [2.24, 2.45) is 0 Å². The largest absolute Gasteiger partial charge is 0.465 e. The van der Waals surface area contributed by atoms with Gasteiger partial charge in [-0.25, -0.2) is 24.2 Å². The van der Waals surface area contributed by atoms with E-state index in [9.17, 15) is 19.1 Å². The molecule has 4 rings (SSSR count). The Bertz CT molecular complexity index is 1250. The molecule has 0 spiro atoms. The van der Waals surface area contributed by atoms with Gasteiger partial charge in [0.15, 0.2) is 0 Å². The molecule has 9 heteroatoms. The van der Waals surface area contributed by atoms with Crippen LogP contribution in [0.5, 0.6) is 0 Å². The lowest BCUT2D eigenvalue weighted by atomic mass is 10.0. The van der Waals surface area contributed by atoms with Crippen molar-refractivity contribution in [1.82, 2.24) is 20.2 Å². The molecule has 136 valence electrons. The standard InChI is InChI=1S/C18H14FN5O3/c1-2-24(18(26)27)17-20-13-6-3-9(7-14(13)21-17)15-12-8-10(19)4-5-11(12)16(25)23-22-15/h3-8H,2H2,1H3,(H,20,21)(H,23,25)(H,26,27). The summed E-state index contributed by atoms with van der Waals surface area (Å²) >= 11 is 0. The van der Waals surface area contributed by atoms with Crippen molar-refractivity contribution in [1.29, 1.82) is 0 Å². The minimum Gasteiger partial charge on any atom is -0.465 e. The molecule has 2 aromatic carbocycles. The molecule has 8 nitrogen and oxygen atoms in total. The third-order valence-corrected chi connectivity index (χ3v) is 4.30. The van der Waals surface area contributed by atoms with Crippen LogP contribution in [0.1, 0.15) is 6.92 Å². The first-order valence-electron chi connectivity index (χ1n) is 8.16. The van der Waals surface area contributed by atoms with Gasteiger partial charge in [0.1, 0.15) is 5.82 Å². The van der Waals surface area contributed by atoms with E-state index in [2.05, 4.69) is 20.2 Å². The Morgan fingerprint density at radius 1 is 1.22 bits per heavy atom. The molecule has 0 aliphatic rings. The number of halogens is 1. The molecule has 0 aliphatic carbocycles. The summed E-state index contributed by atoms with van der Waals surface area (Å²) in [4.78, 5) is 31.6. The monoisotopic (exact) mass is 367 g/mol. The smallest absolute Gasteiger partial charge is 0.414 e. The number of carbonyl (C=O) groups is 1. The van der Waals surface area contributed by atoms with Crippen LogP contribution in [-0.2, 0) is 0 Å². The predicted molar refractivity (Wildman–Crippen MR) is 98.5 cm³/mol. The van der Waals surface area contributed by atoms with Crippen LogP contribution in [0.3, 0.4) is 0 Å². The third-order valence-electron chi connectivity index (χ3n) is 4.30. The Balaban J connectivity index is 1.89. The van der Waals surface area contributed by atoms with Crippen molar-refractivity contribution in [2.75, 3.05) is 11.4 Å². The Kier molecular flexibility index (Phi) is 3.84. The van der Waals surface area contributed by atoms with Gasteiger partial charge in [-0.2, -0.15) is 5.10 Å². The van der Waals surface area contributed by atoms with Crippen LogP contribution in [-0.4, -0.2) is 37.9 Å². The van der Waals surface area contributed by atoms with Crippen LogP contribution < -0.4 is 10.5 Å². The molecule has 0 fully saturated rings. The zero-order valence-corrected chi connectivity index (χ0v) is 14.2. The number of nitrogens with zero attached hydrogens (tertiary/aromatic N) is 3. The zero-order chi connectivity index (χ0) is 19.1. The normalized spacial score (nSPS) is 11.2. The summed E-state index contributed by atoms with van der Waals surface area (Å²) in [6.45, 7) is 1.95. The van der Waals surface area contributed by atoms with E-state index in [1.165, 1.54) is 18.2 Å². The van der Waals surface area contributed by atoms with E-state index in [0.29, 0.717) is 33.1 Å². The van der Waals surface area contributed by atoms with Gasteiger partial charge in [-0.05, 0) is 37.3 Å². The first-order valence-corrected chi connectivity index (χ1v) is 8.16. The van der Waals surface area contributed by atoms with E-state index in [1.807, 2.05) is 0 Å². The molecule has 1 amide bonds. The maximum absolute atomic E-state index is 13.7. The summed E-state index contributed by atoms with van der Waals surface area (Å²) in [5.41, 5.74) is 1.81. The van der Waals surface area contributed by atoms with Crippen LogP contribution in [0, 0.1) is 5.82 Å². The summed E-state index contributed by atoms with van der Waals surface area (Å²) in [6.07, 6.45) is -1.11. The van der Waals surface area contributed by atoms with Gasteiger partial charge in [0, 0.05) is 17.5 Å². The molecule has 0 atom stereocenters.